The molecule has 3 N–H and O–H groups in total. The molecule has 1 atom stereocenters. The molecule has 0 bridgehead atoms. The molecule has 1 aromatic carbocycles. The molecule has 0 fully saturated rings. The third kappa shape index (κ3) is 2.87. The summed E-state index contributed by atoms with van der Waals surface area (Å²) >= 11 is 0. The highest BCUT2D eigenvalue weighted by Crippen LogP contribution is 2.21. The van der Waals surface area contributed by atoms with E-state index < -0.39 is 12.0 Å². The summed E-state index contributed by atoms with van der Waals surface area (Å²) in [7, 11) is 0. The third-order valence-electron chi connectivity index (χ3n) is 2.25. The number of hydrogen-bond donors (Lipinski definition) is 3. The van der Waals surface area contributed by atoms with E-state index in [1.165, 1.54) is 6.07 Å². The van der Waals surface area contributed by atoms with Crippen LogP contribution in [-0.4, -0.2) is 22.2 Å². The number of aryl methyl sites for hydroxylation is 1. The van der Waals surface area contributed by atoms with Crippen LogP contribution in [0.15, 0.2) is 18.2 Å². The van der Waals surface area contributed by atoms with E-state index in [4.69, 9.17) is 5.11 Å². The number of phenols is 1. The Balaban J connectivity index is 2.84. The zero-order valence-corrected chi connectivity index (χ0v) is 8.82. The van der Waals surface area contributed by atoms with Crippen LogP contribution < -0.4 is 5.32 Å². The molecule has 4 nitrogen and oxygen atoms in total. The molecule has 0 radical (unpaired) electrons. The maximum atomic E-state index is 10.8. The first-order valence-corrected chi connectivity index (χ1v) is 4.83. The van der Waals surface area contributed by atoms with Crippen LogP contribution in [0.1, 0.15) is 18.9 Å². The van der Waals surface area contributed by atoms with Crippen molar-refractivity contribution in [3.8, 4) is 5.75 Å². The lowest BCUT2D eigenvalue weighted by atomic mass is 10.1. The Bertz CT molecular complexity index is 363. The molecule has 0 spiro atoms. The average Bonchev–Trinajstić information content (AvgIpc) is 2.16. The number of aliphatic carboxylic acids is 1. The molecular weight excluding hydrogens is 194 g/mol. The first-order chi connectivity index (χ1) is 7.04. The summed E-state index contributed by atoms with van der Waals surface area (Å²) in [6.45, 7) is 3.62. The van der Waals surface area contributed by atoms with E-state index in [1.54, 1.807) is 12.1 Å². The number of aromatic hydroxyl groups is 1. The van der Waals surface area contributed by atoms with E-state index in [1.807, 2.05) is 13.8 Å². The lowest BCUT2D eigenvalue weighted by molar-refractivity contribution is -0.137. The molecule has 1 aromatic rings. The fourth-order valence-electron chi connectivity index (χ4n) is 1.34. The summed E-state index contributed by atoms with van der Waals surface area (Å²) in [5, 5.41) is 21.0. The number of hydrogen-bond acceptors (Lipinski definition) is 3. The van der Waals surface area contributed by atoms with Crippen LogP contribution in [-0.2, 0) is 4.79 Å². The van der Waals surface area contributed by atoms with E-state index in [0.29, 0.717) is 6.42 Å². The molecule has 0 heterocycles. The molecular formula is C11H15NO3. The highest BCUT2D eigenvalue weighted by atomic mass is 16.4. The van der Waals surface area contributed by atoms with Gasteiger partial charge in [0, 0.05) is 5.69 Å². The summed E-state index contributed by atoms with van der Waals surface area (Å²) in [5.41, 5.74) is 1.57. The second kappa shape index (κ2) is 4.68. The van der Waals surface area contributed by atoms with Gasteiger partial charge in [-0.25, -0.2) is 4.79 Å². The van der Waals surface area contributed by atoms with E-state index in [9.17, 15) is 9.90 Å². The van der Waals surface area contributed by atoms with Crippen molar-refractivity contribution >= 4 is 11.7 Å². The highest BCUT2D eigenvalue weighted by molar-refractivity contribution is 5.77. The van der Waals surface area contributed by atoms with E-state index in [-0.39, 0.29) is 5.75 Å². The van der Waals surface area contributed by atoms with Gasteiger partial charge in [-0.1, -0.05) is 6.92 Å². The zero-order valence-electron chi connectivity index (χ0n) is 8.82. The van der Waals surface area contributed by atoms with Crippen LogP contribution >= 0.6 is 0 Å². The van der Waals surface area contributed by atoms with Crippen molar-refractivity contribution in [3.63, 3.8) is 0 Å². The van der Waals surface area contributed by atoms with Crippen molar-refractivity contribution in [1.82, 2.24) is 0 Å². The number of carbonyl (C=O) groups is 1. The van der Waals surface area contributed by atoms with Gasteiger partial charge in [0.1, 0.15) is 11.8 Å². The number of carboxylic acid groups (broad SMARTS) is 1. The molecule has 15 heavy (non-hydrogen) atoms. The third-order valence-corrected chi connectivity index (χ3v) is 2.25. The predicted octanol–water partition coefficient (Wildman–Crippen LogP) is 1.98. The van der Waals surface area contributed by atoms with Gasteiger partial charge < -0.3 is 15.5 Å². The van der Waals surface area contributed by atoms with Crippen molar-refractivity contribution in [2.24, 2.45) is 0 Å². The largest absolute Gasteiger partial charge is 0.508 e. The van der Waals surface area contributed by atoms with E-state index in [0.717, 1.165) is 11.3 Å². The number of carboxylic acids is 1. The van der Waals surface area contributed by atoms with Crippen LogP contribution in [0.25, 0.3) is 0 Å². The fourth-order valence-corrected chi connectivity index (χ4v) is 1.34. The Hall–Kier alpha value is -1.71. The van der Waals surface area contributed by atoms with Gasteiger partial charge in [0.25, 0.3) is 0 Å². The number of rotatable bonds is 4. The molecule has 0 aliphatic rings. The Kier molecular flexibility index (Phi) is 3.55. The van der Waals surface area contributed by atoms with Gasteiger partial charge in [0.05, 0.1) is 0 Å². The van der Waals surface area contributed by atoms with Crippen molar-refractivity contribution < 1.29 is 15.0 Å². The minimum atomic E-state index is -0.870. The molecule has 1 rings (SSSR count). The predicted molar refractivity (Wildman–Crippen MR) is 58.2 cm³/mol. The van der Waals surface area contributed by atoms with Gasteiger partial charge >= 0.3 is 5.97 Å². The Morgan fingerprint density at radius 2 is 2.20 bits per heavy atom. The van der Waals surface area contributed by atoms with Crippen LogP contribution in [0.5, 0.6) is 5.75 Å². The maximum absolute atomic E-state index is 10.8. The van der Waals surface area contributed by atoms with Crippen molar-refractivity contribution in [2.45, 2.75) is 26.3 Å². The lowest BCUT2D eigenvalue weighted by Crippen LogP contribution is -2.28. The summed E-state index contributed by atoms with van der Waals surface area (Å²) in [6.07, 6.45) is 0.510. The monoisotopic (exact) mass is 209 g/mol. The van der Waals surface area contributed by atoms with Gasteiger partial charge in [-0.3, -0.25) is 0 Å². The van der Waals surface area contributed by atoms with Crippen molar-refractivity contribution in [1.29, 1.82) is 0 Å². The van der Waals surface area contributed by atoms with Crippen LogP contribution in [0.3, 0.4) is 0 Å². The fraction of sp³-hybridized carbons (Fsp3) is 0.364. The van der Waals surface area contributed by atoms with Crippen molar-refractivity contribution in [2.75, 3.05) is 5.32 Å². The highest BCUT2D eigenvalue weighted by Gasteiger charge is 2.14. The van der Waals surface area contributed by atoms with Gasteiger partial charge in [0.15, 0.2) is 0 Å². The molecule has 0 saturated carbocycles. The average molecular weight is 209 g/mol. The van der Waals surface area contributed by atoms with E-state index >= 15 is 0 Å². The number of nitrogens with one attached hydrogen (secondary N) is 1. The normalized spacial score (nSPS) is 12.1. The van der Waals surface area contributed by atoms with Crippen LogP contribution in [0.4, 0.5) is 5.69 Å². The Morgan fingerprint density at radius 3 is 2.67 bits per heavy atom. The quantitative estimate of drug-likeness (QED) is 0.663. The Labute approximate surface area is 88.6 Å². The molecule has 1 unspecified atom stereocenters. The molecule has 82 valence electrons. The molecule has 0 aromatic heterocycles. The van der Waals surface area contributed by atoms with Crippen LogP contribution in [0.2, 0.25) is 0 Å². The smallest absolute Gasteiger partial charge is 0.326 e. The number of phenolic OH excluding ortho intramolecular Hbond substituents is 1. The molecule has 0 aliphatic heterocycles. The molecule has 0 aliphatic carbocycles. The zero-order chi connectivity index (χ0) is 11.4. The summed E-state index contributed by atoms with van der Waals surface area (Å²) in [6, 6.07) is 4.21. The minimum Gasteiger partial charge on any atom is -0.508 e. The lowest BCUT2D eigenvalue weighted by Gasteiger charge is -2.15. The minimum absolute atomic E-state index is 0.182. The van der Waals surface area contributed by atoms with Gasteiger partial charge in [0.2, 0.25) is 0 Å². The molecule has 0 saturated heterocycles. The second-order valence-corrected chi connectivity index (χ2v) is 3.44. The topological polar surface area (TPSA) is 69.6 Å². The maximum Gasteiger partial charge on any atom is 0.326 e. The number of anilines is 1. The van der Waals surface area contributed by atoms with Crippen molar-refractivity contribution in [3.05, 3.63) is 23.8 Å². The van der Waals surface area contributed by atoms with Gasteiger partial charge in [-0.15, -0.1) is 0 Å². The molecule has 4 heteroatoms. The van der Waals surface area contributed by atoms with Crippen LogP contribution in [0, 0.1) is 6.92 Å². The number of benzene rings is 1. The van der Waals surface area contributed by atoms with E-state index in [2.05, 4.69) is 5.32 Å². The molecule has 0 amide bonds. The van der Waals surface area contributed by atoms with Gasteiger partial charge in [-0.05, 0) is 37.1 Å². The second-order valence-electron chi connectivity index (χ2n) is 3.44. The summed E-state index contributed by atoms with van der Waals surface area (Å²) < 4.78 is 0. The summed E-state index contributed by atoms with van der Waals surface area (Å²) in [5.74, 6) is -0.689. The van der Waals surface area contributed by atoms with Gasteiger partial charge in [-0.2, -0.15) is 0 Å². The first kappa shape index (κ1) is 11.4. The Morgan fingerprint density at radius 1 is 1.53 bits per heavy atom. The summed E-state index contributed by atoms with van der Waals surface area (Å²) in [4.78, 5) is 10.8. The first-order valence-electron chi connectivity index (χ1n) is 4.83. The SMILES string of the molecule is CCC(Nc1ccc(O)cc1C)C(=O)O. The standard InChI is InChI=1S/C11H15NO3/c1-3-9(11(14)15)12-10-5-4-8(13)6-7(10)2/h4-6,9,12-13H,3H2,1-2H3,(H,14,15).